The smallest absolute Gasteiger partial charge is 0.222 e. The molecule has 2 amide bonds. The second kappa shape index (κ2) is 8.20. The lowest BCUT2D eigenvalue weighted by atomic mass is 9.92. The van der Waals surface area contributed by atoms with E-state index in [0.717, 1.165) is 61.3 Å². The van der Waals surface area contributed by atoms with E-state index in [1.165, 1.54) is 0 Å². The molecule has 2 fully saturated rings. The van der Waals surface area contributed by atoms with Crippen LogP contribution in [-0.2, 0) is 9.59 Å². The van der Waals surface area contributed by atoms with Gasteiger partial charge in [-0.2, -0.15) is 0 Å². The first-order valence-corrected chi connectivity index (χ1v) is 10.3. The van der Waals surface area contributed by atoms with Gasteiger partial charge in [0.15, 0.2) is 5.65 Å². The average molecular weight is 381 g/mol. The maximum atomic E-state index is 12.7. The van der Waals surface area contributed by atoms with Crippen molar-refractivity contribution in [2.24, 2.45) is 0 Å². The van der Waals surface area contributed by atoms with Crippen LogP contribution in [-0.4, -0.2) is 62.7 Å². The fourth-order valence-electron chi connectivity index (χ4n) is 4.36. The third-order valence-electron chi connectivity index (χ3n) is 5.76. The molecule has 0 bridgehead atoms. The molecule has 4 rings (SSSR count). The van der Waals surface area contributed by atoms with Gasteiger partial charge >= 0.3 is 0 Å². The second-order valence-electron chi connectivity index (χ2n) is 7.80. The van der Waals surface area contributed by atoms with Crippen LogP contribution in [0.1, 0.15) is 56.0 Å². The summed E-state index contributed by atoms with van der Waals surface area (Å²) in [5.74, 6) is 1.35. The Morgan fingerprint density at radius 3 is 2.96 bits per heavy atom. The summed E-state index contributed by atoms with van der Waals surface area (Å²) in [5, 5.41) is 0.986. The Bertz CT molecular complexity index is 884. The van der Waals surface area contributed by atoms with Gasteiger partial charge in [-0.3, -0.25) is 9.59 Å². The minimum atomic E-state index is 0.185. The zero-order valence-electron chi connectivity index (χ0n) is 16.4. The van der Waals surface area contributed by atoms with E-state index >= 15 is 0 Å². The first-order chi connectivity index (χ1) is 13.6. The van der Waals surface area contributed by atoms with E-state index in [4.69, 9.17) is 4.98 Å². The first-order valence-electron chi connectivity index (χ1n) is 10.3. The molecule has 1 unspecified atom stereocenters. The Morgan fingerprint density at radius 2 is 2.14 bits per heavy atom. The van der Waals surface area contributed by atoms with Gasteiger partial charge in [0.05, 0.1) is 5.69 Å². The van der Waals surface area contributed by atoms with Crippen LogP contribution in [0.15, 0.2) is 18.3 Å². The van der Waals surface area contributed by atoms with Gasteiger partial charge in [0.2, 0.25) is 11.8 Å². The zero-order chi connectivity index (χ0) is 19.5. The highest BCUT2D eigenvalue weighted by molar-refractivity contribution is 5.79. The molecule has 7 nitrogen and oxygen atoms in total. The van der Waals surface area contributed by atoms with Crippen molar-refractivity contribution in [3.05, 3.63) is 29.8 Å². The van der Waals surface area contributed by atoms with Crippen molar-refractivity contribution in [2.45, 2.75) is 51.4 Å². The molecule has 2 aromatic rings. The van der Waals surface area contributed by atoms with Crippen LogP contribution in [0.2, 0.25) is 0 Å². The summed E-state index contributed by atoms with van der Waals surface area (Å²) in [7, 11) is 0. The predicted octanol–water partition coefficient (Wildman–Crippen LogP) is 2.44. The lowest BCUT2D eigenvalue weighted by Gasteiger charge is -2.33. The molecule has 148 valence electrons. The number of aryl methyl sites for hydroxylation is 1. The number of fused-ring (bicyclic) bond motifs is 1. The molecular weight excluding hydrogens is 354 g/mol. The molecule has 0 spiro atoms. The van der Waals surface area contributed by atoms with Crippen molar-refractivity contribution in [2.75, 3.05) is 26.2 Å². The SMILES string of the molecule is Cc1nc(C2CCCN(C(=O)CCCN3CCCC3=O)C2)c2cccnc2n1. The molecule has 2 aliphatic heterocycles. The van der Waals surface area contributed by atoms with Gasteiger partial charge in [0.1, 0.15) is 5.82 Å². The summed E-state index contributed by atoms with van der Waals surface area (Å²) in [5.41, 5.74) is 1.74. The molecule has 28 heavy (non-hydrogen) atoms. The number of hydrogen-bond donors (Lipinski definition) is 0. The Kier molecular flexibility index (Phi) is 5.50. The molecule has 4 heterocycles. The summed E-state index contributed by atoms with van der Waals surface area (Å²) >= 11 is 0. The summed E-state index contributed by atoms with van der Waals surface area (Å²) < 4.78 is 0. The van der Waals surface area contributed by atoms with Gasteiger partial charge in [0.25, 0.3) is 0 Å². The number of pyridine rings is 1. The van der Waals surface area contributed by atoms with E-state index in [9.17, 15) is 9.59 Å². The minimum absolute atomic E-state index is 0.185. The molecule has 2 saturated heterocycles. The number of carbonyl (C=O) groups is 2. The Hall–Kier alpha value is -2.57. The van der Waals surface area contributed by atoms with Gasteiger partial charge in [-0.05, 0) is 44.7 Å². The number of likely N-dealkylation sites (tertiary alicyclic amines) is 2. The van der Waals surface area contributed by atoms with Crippen molar-refractivity contribution < 1.29 is 9.59 Å². The summed E-state index contributed by atoms with van der Waals surface area (Å²) in [6.07, 6.45) is 6.59. The number of aromatic nitrogens is 3. The highest BCUT2D eigenvalue weighted by Crippen LogP contribution is 2.30. The van der Waals surface area contributed by atoms with E-state index in [1.807, 2.05) is 28.9 Å². The Morgan fingerprint density at radius 1 is 1.25 bits per heavy atom. The van der Waals surface area contributed by atoms with Gasteiger partial charge in [-0.1, -0.05) is 0 Å². The third-order valence-corrected chi connectivity index (χ3v) is 5.76. The van der Waals surface area contributed by atoms with Crippen LogP contribution < -0.4 is 0 Å². The van der Waals surface area contributed by atoms with Crippen molar-refractivity contribution in [1.82, 2.24) is 24.8 Å². The highest BCUT2D eigenvalue weighted by atomic mass is 16.2. The Labute approximate surface area is 165 Å². The molecule has 0 saturated carbocycles. The Balaban J connectivity index is 1.40. The molecule has 0 radical (unpaired) electrons. The topological polar surface area (TPSA) is 79.3 Å². The van der Waals surface area contributed by atoms with Crippen molar-refractivity contribution >= 4 is 22.8 Å². The fourth-order valence-corrected chi connectivity index (χ4v) is 4.36. The summed E-state index contributed by atoms with van der Waals surface area (Å²) in [4.78, 5) is 41.8. The zero-order valence-corrected chi connectivity index (χ0v) is 16.4. The van der Waals surface area contributed by atoms with Gasteiger partial charge < -0.3 is 9.80 Å². The van der Waals surface area contributed by atoms with Gasteiger partial charge in [0, 0.05) is 56.5 Å². The fraction of sp³-hybridized carbons (Fsp3) is 0.571. The molecule has 7 heteroatoms. The predicted molar refractivity (Wildman–Crippen MR) is 106 cm³/mol. The largest absolute Gasteiger partial charge is 0.343 e. The number of nitrogens with zero attached hydrogens (tertiary/aromatic N) is 5. The molecule has 1 atom stereocenters. The van der Waals surface area contributed by atoms with Crippen LogP contribution in [0.4, 0.5) is 0 Å². The van der Waals surface area contributed by atoms with Gasteiger partial charge in [-0.25, -0.2) is 15.0 Å². The first kappa shape index (κ1) is 18.8. The monoisotopic (exact) mass is 381 g/mol. The molecule has 0 aromatic carbocycles. The van der Waals surface area contributed by atoms with Crippen LogP contribution in [0, 0.1) is 6.92 Å². The van der Waals surface area contributed by atoms with Crippen LogP contribution >= 0.6 is 0 Å². The normalized spacial score (nSPS) is 20.2. The van der Waals surface area contributed by atoms with Crippen LogP contribution in [0.5, 0.6) is 0 Å². The standard InChI is InChI=1S/C21H27N5O2/c1-15-23-20(17-7-2-10-22-21(17)24-15)16-6-3-13-26(14-16)19(28)9-5-12-25-11-4-8-18(25)27/h2,7,10,16H,3-6,8-9,11-14H2,1H3. The van der Waals surface area contributed by atoms with Crippen LogP contribution in [0.25, 0.3) is 11.0 Å². The molecule has 2 aliphatic rings. The highest BCUT2D eigenvalue weighted by Gasteiger charge is 2.27. The van der Waals surface area contributed by atoms with Crippen molar-refractivity contribution in [3.8, 4) is 0 Å². The summed E-state index contributed by atoms with van der Waals surface area (Å²) in [6.45, 7) is 4.93. The number of rotatable bonds is 5. The number of amides is 2. The maximum absolute atomic E-state index is 12.7. The quantitative estimate of drug-likeness (QED) is 0.795. The van der Waals surface area contributed by atoms with E-state index in [-0.39, 0.29) is 17.7 Å². The maximum Gasteiger partial charge on any atom is 0.222 e. The summed E-state index contributed by atoms with van der Waals surface area (Å²) in [6, 6.07) is 3.93. The van der Waals surface area contributed by atoms with E-state index in [2.05, 4.69) is 9.97 Å². The second-order valence-corrected chi connectivity index (χ2v) is 7.80. The lowest BCUT2D eigenvalue weighted by Crippen LogP contribution is -2.39. The minimum Gasteiger partial charge on any atom is -0.343 e. The number of hydrogen-bond acceptors (Lipinski definition) is 5. The molecule has 0 N–H and O–H groups in total. The van der Waals surface area contributed by atoms with Gasteiger partial charge in [-0.15, -0.1) is 0 Å². The van der Waals surface area contributed by atoms with Crippen LogP contribution in [0.3, 0.4) is 0 Å². The van der Waals surface area contributed by atoms with Crippen molar-refractivity contribution in [3.63, 3.8) is 0 Å². The average Bonchev–Trinajstić information content (AvgIpc) is 3.12. The number of piperidine rings is 1. The van der Waals surface area contributed by atoms with E-state index < -0.39 is 0 Å². The van der Waals surface area contributed by atoms with E-state index in [0.29, 0.717) is 25.9 Å². The molecule has 2 aromatic heterocycles. The molecule has 0 aliphatic carbocycles. The lowest BCUT2D eigenvalue weighted by molar-refractivity contribution is -0.133. The molecular formula is C21H27N5O2. The number of carbonyl (C=O) groups excluding carboxylic acids is 2. The van der Waals surface area contributed by atoms with Crippen molar-refractivity contribution in [1.29, 1.82) is 0 Å². The van der Waals surface area contributed by atoms with E-state index in [1.54, 1.807) is 6.20 Å². The third kappa shape index (κ3) is 3.98.